The molecule has 3 N–H and O–H groups in total. The molecule has 1 saturated heterocycles. The van der Waals surface area contributed by atoms with E-state index >= 15 is 0 Å². The Morgan fingerprint density at radius 2 is 1.95 bits per heavy atom. The van der Waals surface area contributed by atoms with Gasteiger partial charge in [0, 0.05) is 35.9 Å². The van der Waals surface area contributed by atoms with Gasteiger partial charge in [0.25, 0.3) is 5.91 Å². The average Bonchev–Trinajstić information content (AvgIpc) is 2.80. The lowest BCUT2D eigenvalue weighted by molar-refractivity contribution is 0.0772. The highest BCUT2D eigenvalue weighted by Gasteiger charge is 2.26. The number of rotatable bonds is 1. The van der Waals surface area contributed by atoms with Crippen molar-refractivity contribution in [2.45, 2.75) is 0 Å². The molecule has 2 aromatic rings. The van der Waals surface area contributed by atoms with Crippen LogP contribution in [-0.2, 0) is 9.84 Å². The van der Waals surface area contributed by atoms with Crippen LogP contribution < -0.4 is 5.73 Å². The minimum Gasteiger partial charge on any atom is -0.399 e. The molecule has 1 aromatic heterocycles. The molecule has 0 saturated carbocycles. The summed E-state index contributed by atoms with van der Waals surface area (Å²) in [6.45, 7) is 0.506. The summed E-state index contributed by atoms with van der Waals surface area (Å²) in [7, 11) is -2.98. The van der Waals surface area contributed by atoms with E-state index in [0.29, 0.717) is 11.3 Å². The van der Waals surface area contributed by atoms with E-state index in [4.69, 9.17) is 5.73 Å². The maximum Gasteiger partial charge on any atom is 0.256 e. The van der Waals surface area contributed by atoms with Crippen LogP contribution in [0.3, 0.4) is 0 Å². The second-order valence-electron chi connectivity index (χ2n) is 4.95. The lowest BCUT2D eigenvalue weighted by Crippen LogP contribution is -2.43. The smallest absolute Gasteiger partial charge is 0.256 e. The van der Waals surface area contributed by atoms with Crippen molar-refractivity contribution in [3.8, 4) is 0 Å². The Hall–Kier alpha value is -2.02. The number of fused-ring (bicyclic) bond motifs is 1. The normalized spacial score (nSPS) is 18.3. The standard InChI is InChI=1S/C13H15N3O3S/c14-9-1-2-10-11(8-15-12(10)7-9)13(17)16-3-5-20(18,19)6-4-16/h1-2,7-8,15H,3-6,14H2. The van der Waals surface area contributed by atoms with Gasteiger partial charge >= 0.3 is 0 Å². The van der Waals surface area contributed by atoms with Gasteiger partial charge in [-0.3, -0.25) is 4.79 Å². The highest BCUT2D eigenvalue weighted by atomic mass is 32.2. The van der Waals surface area contributed by atoms with E-state index in [-0.39, 0.29) is 30.5 Å². The number of nitrogen functional groups attached to an aromatic ring is 1. The zero-order valence-corrected chi connectivity index (χ0v) is 11.6. The number of hydrogen-bond donors (Lipinski definition) is 2. The molecule has 106 valence electrons. The van der Waals surface area contributed by atoms with Gasteiger partial charge in [0.05, 0.1) is 17.1 Å². The fraction of sp³-hybridized carbons (Fsp3) is 0.308. The number of nitrogens with one attached hydrogen (secondary N) is 1. The summed E-state index contributed by atoms with van der Waals surface area (Å²) >= 11 is 0. The van der Waals surface area contributed by atoms with Crippen molar-refractivity contribution >= 4 is 32.3 Å². The van der Waals surface area contributed by atoms with Crippen molar-refractivity contribution in [2.75, 3.05) is 30.3 Å². The summed E-state index contributed by atoms with van der Waals surface area (Å²) in [6.07, 6.45) is 1.65. The van der Waals surface area contributed by atoms with E-state index in [2.05, 4.69) is 4.98 Å². The molecule has 2 heterocycles. The molecule has 1 amide bonds. The number of aromatic nitrogens is 1. The van der Waals surface area contributed by atoms with Crippen molar-refractivity contribution in [2.24, 2.45) is 0 Å². The lowest BCUT2D eigenvalue weighted by Gasteiger charge is -2.26. The monoisotopic (exact) mass is 293 g/mol. The highest BCUT2D eigenvalue weighted by molar-refractivity contribution is 7.91. The second-order valence-corrected chi connectivity index (χ2v) is 7.26. The van der Waals surface area contributed by atoms with Gasteiger partial charge in [0.2, 0.25) is 0 Å². The molecule has 0 aliphatic carbocycles. The molecular formula is C13H15N3O3S. The first-order valence-electron chi connectivity index (χ1n) is 6.32. The predicted molar refractivity (Wildman–Crippen MR) is 77.3 cm³/mol. The minimum atomic E-state index is -2.98. The van der Waals surface area contributed by atoms with Gasteiger partial charge in [-0.2, -0.15) is 0 Å². The molecule has 0 spiro atoms. The molecule has 1 aliphatic heterocycles. The number of benzene rings is 1. The predicted octanol–water partition coefficient (Wildman–Crippen LogP) is 0.621. The topological polar surface area (TPSA) is 96.3 Å². The largest absolute Gasteiger partial charge is 0.399 e. The van der Waals surface area contributed by atoms with E-state index < -0.39 is 9.84 Å². The summed E-state index contributed by atoms with van der Waals surface area (Å²) in [5, 5.41) is 0.803. The molecule has 1 aromatic carbocycles. The molecule has 0 radical (unpaired) electrons. The molecule has 6 nitrogen and oxygen atoms in total. The Morgan fingerprint density at radius 1 is 1.25 bits per heavy atom. The van der Waals surface area contributed by atoms with Crippen LogP contribution >= 0.6 is 0 Å². The zero-order valence-electron chi connectivity index (χ0n) is 10.8. The van der Waals surface area contributed by atoms with Crippen LogP contribution in [0.1, 0.15) is 10.4 Å². The van der Waals surface area contributed by atoms with Gasteiger partial charge < -0.3 is 15.6 Å². The van der Waals surface area contributed by atoms with E-state index in [1.807, 2.05) is 0 Å². The van der Waals surface area contributed by atoms with E-state index in [1.165, 1.54) is 0 Å². The molecule has 20 heavy (non-hydrogen) atoms. The fourth-order valence-corrected chi connectivity index (χ4v) is 3.61. The maximum atomic E-state index is 12.5. The second kappa shape index (κ2) is 4.52. The maximum absolute atomic E-state index is 12.5. The number of anilines is 1. The van der Waals surface area contributed by atoms with Crippen LogP contribution in [0.5, 0.6) is 0 Å². The first kappa shape index (κ1) is 13.0. The average molecular weight is 293 g/mol. The number of H-pyrrole nitrogens is 1. The molecule has 0 bridgehead atoms. The van der Waals surface area contributed by atoms with Crippen LogP contribution in [-0.4, -0.2) is 48.8 Å². The number of nitrogens with zero attached hydrogens (tertiary/aromatic N) is 1. The van der Waals surface area contributed by atoms with Crippen LogP contribution in [0.15, 0.2) is 24.4 Å². The first-order chi connectivity index (χ1) is 9.46. The summed E-state index contributed by atoms with van der Waals surface area (Å²) < 4.78 is 22.8. The third-order valence-corrected chi connectivity index (χ3v) is 5.18. The number of carbonyl (C=O) groups excluding carboxylic acids is 1. The highest BCUT2D eigenvalue weighted by Crippen LogP contribution is 2.22. The van der Waals surface area contributed by atoms with Crippen molar-refractivity contribution in [1.29, 1.82) is 0 Å². The van der Waals surface area contributed by atoms with Gasteiger partial charge in [-0.15, -0.1) is 0 Å². The van der Waals surface area contributed by atoms with Crippen molar-refractivity contribution in [3.63, 3.8) is 0 Å². The van der Waals surface area contributed by atoms with E-state index in [1.54, 1.807) is 29.3 Å². The Morgan fingerprint density at radius 3 is 2.65 bits per heavy atom. The zero-order chi connectivity index (χ0) is 14.3. The Balaban J connectivity index is 1.90. The van der Waals surface area contributed by atoms with Gasteiger partial charge in [0.1, 0.15) is 0 Å². The SMILES string of the molecule is Nc1ccc2c(C(=O)N3CCS(=O)(=O)CC3)c[nH]c2c1. The van der Waals surface area contributed by atoms with Gasteiger partial charge in [-0.25, -0.2) is 8.42 Å². The number of nitrogens with two attached hydrogens (primary N) is 1. The van der Waals surface area contributed by atoms with E-state index in [0.717, 1.165) is 10.9 Å². The summed E-state index contributed by atoms with van der Waals surface area (Å²) in [4.78, 5) is 17.1. The molecule has 1 fully saturated rings. The fourth-order valence-electron chi connectivity index (χ4n) is 2.41. The molecule has 3 rings (SSSR count). The molecule has 0 unspecified atom stereocenters. The summed E-state index contributed by atoms with van der Waals surface area (Å²) in [6, 6.07) is 5.31. The first-order valence-corrected chi connectivity index (χ1v) is 8.15. The molecular weight excluding hydrogens is 278 g/mol. The van der Waals surface area contributed by atoms with Crippen molar-refractivity contribution in [3.05, 3.63) is 30.0 Å². The quantitative estimate of drug-likeness (QED) is 0.753. The van der Waals surface area contributed by atoms with Gasteiger partial charge in [0.15, 0.2) is 9.84 Å². The van der Waals surface area contributed by atoms with Crippen LogP contribution in [0, 0.1) is 0 Å². The van der Waals surface area contributed by atoms with Crippen molar-refractivity contribution in [1.82, 2.24) is 9.88 Å². The Labute approximate surface area is 116 Å². The number of sulfone groups is 1. The lowest BCUT2D eigenvalue weighted by atomic mass is 10.1. The van der Waals surface area contributed by atoms with Crippen molar-refractivity contribution < 1.29 is 13.2 Å². The van der Waals surface area contributed by atoms with Gasteiger partial charge in [-0.05, 0) is 18.2 Å². The van der Waals surface area contributed by atoms with Crippen LogP contribution in [0.4, 0.5) is 5.69 Å². The van der Waals surface area contributed by atoms with E-state index in [9.17, 15) is 13.2 Å². The van der Waals surface area contributed by atoms with Gasteiger partial charge in [-0.1, -0.05) is 0 Å². The Bertz CT molecular complexity index is 765. The van der Waals surface area contributed by atoms with Crippen LogP contribution in [0.25, 0.3) is 10.9 Å². The molecule has 7 heteroatoms. The summed E-state index contributed by atoms with van der Waals surface area (Å²) in [5.74, 6) is -0.0712. The third-order valence-electron chi connectivity index (χ3n) is 3.57. The molecule has 0 atom stereocenters. The third kappa shape index (κ3) is 2.24. The number of amides is 1. The number of carbonyl (C=O) groups is 1. The number of aromatic amines is 1. The molecule has 1 aliphatic rings. The van der Waals surface area contributed by atoms with Crippen LogP contribution in [0.2, 0.25) is 0 Å². The minimum absolute atomic E-state index is 0.0358. The summed E-state index contributed by atoms with van der Waals surface area (Å²) in [5.41, 5.74) is 7.69. The number of hydrogen-bond acceptors (Lipinski definition) is 4. The Kier molecular flexibility index (Phi) is 2.93.